The molecule has 26 heavy (non-hydrogen) atoms. The lowest BCUT2D eigenvalue weighted by atomic mass is 9.82. The molecule has 1 aromatic heterocycles. The zero-order valence-corrected chi connectivity index (χ0v) is 15.8. The van der Waals surface area contributed by atoms with Crippen LogP contribution in [0.25, 0.3) is 0 Å². The zero-order chi connectivity index (χ0) is 17.7. The van der Waals surface area contributed by atoms with Crippen LogP contribution in [0, 0.1) is 0 Å². The van der Waals surface area contributed by atoms with Gasteiger partial charge in [-0.25, -0.2) is 9.97 Å². The topological polar surface area (TPSA) is 67.4 Å². The van der Waals surface area contributed by atoms with Gasteiger partial charge in [-0.2, -0.15) is 0 Å². The normalized spacial score (nSPS) is 22.5. The van der Waals surface area contributed by atoms with Crippen molar-refractivity contribution in [1.82, 2.24) is 14.9 Å². The lowest BCUT2D eigenvalue weighted by Gasteiger charge is -2.57. The van der Waals surface area contributed by atoms with E-state index in [0.29, 0.717) is 24.7 Å². The average molecular weight is 415 g/mol. The Morgan fingerprint density at radius 1 is 1.23 bits per heavy atom. The van der Waals surface area contributed by atoms with E-state index in [1.165, 1.54) is 11.1 Å². The highest BCUT2D eigenvalue weighted by atomic mass is 79.9. The van der Waals surface area contributed by atoms with Crippen LogP contribution in [0.3, 0.4) is 0 Å². The number of ether oxygens (including phenoxy) is 1. The molecule has 1 atom stereocenters. The van der Waals surface area contributed by atoms with E-state index in [1.54, 1.807) is 12.4 Å². The molecule has 0 saturated carbocycles. The Morgan fingerprint density at radius 3 is 2.65 bits per heavy atom. The predicted octanol–water partition coefficient (Wildman–Crippen LogP) is 2.43. The highest BCUT2D eigenvalue weighted by molar-refractivity contribution is 9.10. The van der Waals surface area contributed by atoms with E-state index in [2.05, 4.69) is 49.4 Å². The standard InChI is InChI=1S/C19H19BrN4O2/c20-15-2-1-12-6-16(7-13(12)5-15)23-18-21-8-14(9-22-18)17(25)24-4-3-19(24)10-26-11-19/h1-2,5,8-9,16H,3-4,6-7,10-11H2,(H,21,22,23). The van der Waals surface area contributed by atoms with Gasteiger partial charge in [0, 0.05) is 29.5 Å². The summed E-state index contributed by atoms with van der Waals surface area (Å²) in [4.78, 5) is 23.3. The Labute approximate surface area is 160 Å². The van der Waals surface area contributed by atoms with Crippen LogP contribution in [0.2, 0.25) is 0 Å². The van der Waals surface area contributed by atoms with E-state index in [-0.39, 0.29) is 17.5 Å². The summed E-state index contributed by atoms with van der Waals surface area (Å²) in [6.07, 6.45) is 6.19. The summed E-state index contributed by atoms with van der Waals surface area (Å²) in [5, 5.41) is 3.39. The highest BCUT2D eigenvalue weighted by Crippen LogP contribution is 2.38. The van der Waals surface area contributed by atoms with Gasteiger partial charge < -0.3 is 15.0 Å². The van der Waals surface area contributed by atoms with E-state index in [9.17, 15) is 4.79 Å². The first kappa shape index (κ1) is 16.2. The van der Waals surface area contributed by atoms with E-state index in [4.69, 9.17) is 4.74 Å². The molecule has 1 aliphatic carbocycles. The molecule has 3 heterocycles. The van der Waals surface area contributed by atoms with Gasteiger partial charge in [-0.15, -0.1) is 0 Å². The molecule has 1 aromatic carbocycles. The van der Waals surface area contributed by atoms with Crippen molar-refractivity contribution in [2.45, 2.75) is 30.8 Å². The van der Waals surface area contributed by atoms with E-state index < -0.39 is 0 Å². The molecule has 5 rings (SSSR count). The number of hydrogen-bond acceptors (Lipinski definition) is 5. The Bertz CT molecular complexity index is 861. The van der Waals surface area contributed by atoms with Crippen molar-refractivity contribution in [3.8, 4) is 0 Å². The molecule has 1 unspecified atom stereocenters. The molecule has 2 aliphatic heterocycles. The molecular weight excluding hydrogens is 396 g/mol. The maximum atomic E-state index is 12.6. The Kier molecular flexibility index (Phi) is 3.76. The number of carbonyl (C=O) groups excluding carboxylic acids is 1. The first-order valence-electron chi connectivity index (χ1n) is 8.89. The van der Waals surface area contributed by atoms with E-state index in [0.717, 1.165) is 30.3 Å². The molecule has 1 amide bonds. The maximum Gasteiger partial charge on any atom is 0.257 e. The number of likely N-dealkylation sites (tertiary alicyclic amines) is 1. The quantitative estimate of drug-likeness (QED) is 0.834. The summed E-state index contributed by atoms with van der Waals surface area (Å²) in [5.74, 6) is 0.577. The number of carbonyl (C=O) groups is 1. The van der Waals surface area contributed by atoms with Crippen LogP contribution in [0.1, 0.15) is 27.9 Å². The highest BCUT2D eigenvalue weighted by Gasteiger charge is 2.53. The van der Waals surface area contributed by atoms with Crippen LogP contribution in [0.5, 0.6) is 0 Å². The SMILES string of the molecule is O=C(c1cnc(NC2Cc3ccc(Br)cc3C2)nc1)N1CCC12COC2. The maximum absolute atomic E-state index is 12.6. The monoisotopic (exact) mass is 414 g/mol. The first-order valence-corrected chi connectivity index (χ1v) is 9.68. The fraction of sp³-hybridized carbons (Fsp3) is 0.421. The van der Waals surface area contributed by atoms with Gasteiger partial charge in [0.05, 0.1) is 24.3 Å². The minimum atomic E-state index is -0.0576. The second-order valence-corrected chi connectivity index (χ2v) is 8.30. The summed E-state index contributed by atoms with van der Waals surface area (Å²) in [5.41, 5.74) is 3.20. The Morgan fingerprint density at radius 2 is 2.00 bits per heavy atom. The van der Waals surface area contributed by atoms with Gasteiger partial charge in [-0.1, -0.05) is 22.0 Å². The van der Waals surface area contributed by atoms with Crippen molar-refractivity contribution < 1.29 is 9.53 Å². The molecule has 0 bridgehead atoms. The fourth-order valence-electron chi connectivity index (χ4n) is 4.03. The smallest absolute Gasteiger partial charge is 0.257 e. The molecule has 7 heteroatoms. The van der Waals surface area contributed by atoms with Crippen LogP contribution >= 0.6 is 15.9 Å². The summed E-state index contributed by atoms with van der Waals surface area (Å²) in [7, 11) is 0. The lowest BCUT2D eigenvalue weighted by molar-refractivity contribution is -0.172. The second kappa shape index (κ2) is 6.03. The van der Waals surface area contributed by atoms with Crippen LogP contribution in [-0.4, -0.2) is 52.1 Å². The third kappa shape index (κ3) is 2.61. The number of fused-ring (bicyclic) bond motifs is 1. The third-order valence-electron chi connectivity index (χ3n) is 5.69. The van der Waals surface area contributed by atoms with Crippen LogP contribution < -0.4 is 5.32 Å². The van der Waals surface area contributed by atoms with Gasteiger partial charge in [0.25, 0.3) is 5.91 Å². The predicted molar refractivity (Wildman–Crippen MR) is 100 cm³/mol. The average Bonchev–Trinajstić information content (AvgIpc) is 2.94. The van der Waals surface area contributed by atoms with Crippen molar-refractivity contribution in [3.63, 3.8) is 0 Å². The number of benzene rings is 1. The molecule has 2 aromatic rings. The van der Waals surface area contributed by atoms with Gasteiger partial charge >= 0.3 is 0 Å². The number of rotatable bonds is 3. The number of nitrogens with zero attached hydrogens (tertiary/aromatic N) is 3. The molecule has 6 nitrogen and oxygen atoms in total. The molecule has 2 saturated heterocycles. The summed E-state index contributed by atoms with van der Waals surface area (Å²) < 4.78 is 6.39. The van der Waals surface area contributed by atoms with Crippen molar-refractivity contribution >= 4 is 27.8 Å². The summed E-state index contributed by atoms with van der Waals surface area (Å²) in [6.45, 7) is 2.09. The molecule has 1 spiro atoms. The molecule has 0 radical (unpaired) electrons. The van der Waals surface area contributed by atoms with E-state index >= 15 is 0 Å². The summed E-state index contributed by atoms with van der Waals surface area (Å²) in [6, 6.07) is 6.70. The van der Waals surface area contributed by atoms with E-state index in [1.807, 2.05) is 4.90 Å². The minimum Gasteiger partial charge on any atom is -0.376 e. The van der Waals surface area contributed by atoms with Crippen molar-refractivity contribution in [1.29, 1.82) is 0 Å². The molecule has 1 N–H and O–H groups in total. The van der Waals surface area contributed by atoms with Gasteiger partial charge in [0.1, 0.15) is 0 Å². The Balaban J connectivity index is 1.24. The molecule has 134 valence electrons. The van der Waals surface area contributed by atoms with Crippen molar-refractivity contribution in [3.05, 3.63) is 51.8 Å². The number of nitrogens with one attached hydrogen (secondary N) is 1. The molecule has 3 aliphatic rings. The van der Waals surface area contributed by atoms with Gasteiger partial charge in [-0.3, -0.25) is 4.79 Å². The molecular formula is C19H19BrN4O2. The van der Waals surface area contributed by atoms with Gasteiger partial charge in [0.15, 0.2) is 0 Å². The van der Waals surface area contributed by atoms with Crippen molar-refractivity contribution in [2.24, 2.45) is 0 Å². The summed E-state index contributed by atoms with van der Waals surface area (Å²) >= 11 is 3.52. The molecule has 2 fully saturated rings. The van der Waals surface area contributed by atoms with Crippen LogP contribution in [0.4, 0.5) is 5.95 Å². The Hall–Kier alpha value is -1.99. The zero-order valence-electron chi connectivity index (χ0n) is 14.2. The first-order chi connectivity index (χ1) is 12.6. The van der Waals surface area contributed by atoms with Crippen LogP contribution in [0.15, 0.2) is 35.1 Å². The number of amides is 1. The number of aromatic nitrogens is 2. The van der Waals surface area contributed by atoms with Crippen molar-refractivity contribution in [2.75, 3.05) is 25.1 Å². The number of anilines is 1. The fourth-order valence-corrected chi connectivity index (χ4v) is 4.44. The lowest BCUT2D eigenvalue weighted by Crippen LogP contribution is -2.72. The third-order valence-corrected chi connectivity index (χ3v) is 6.19. The number of hydrogen-bond donors (Lipinski definition) is 1. The van der Waals surface area contributed by atoms with Crippen LogP contribution in [-0.2, 0) is 17.6 Å². The number of halogens is 1. The minimum absolute atomic E-state index is 0.00391. The van der Waals surface area contributed by atoms with Gasteiger partial charge in [0.2, 0.25) is 5.95 Å². The van der Waals surface area contributed by atoms with Gasteiger partial charge in [-0.05, 0) is 42.5 Å². The second-order valence-electron chi connectivity index (χ2n) is 7.38. The largest absolute Gasteiger partial charge is 0.376 e.